The maximum Gasteiger partial charge on any atom is 0.187 e. The van der Waals surface area contributed by atoms with Crippen molar-refractivity contribution in [2.24, 2.45) is 0 Å². The third kappa shape index (κ3) is 2.70. The maximum absolute atomic E-state index is 12.8. The molecule has 0 fully saturated rings. The smallest absolute Gasteiger partial charge is 0.187 e. The zero-order valence-corrected chi connectivity index (χ0v) is 8.06. The third-order valence-electron chi connectivity index (χ3n) is 1.63. The minimum absolute atomic E-state index is 0.364. The Balaban J connectivity index is 2.89. The molecule has 0 saturated heterocycles. The second-order valence-electron chi connectivity index (χ2n) is 2.71. The van der Waals surface area contributed by atoms with Crippen LogP contribution in [0.15, 0.2) is 18.2 Å². The molecule has 0 spiro atoms. The molecule has 1 rings (SSSR count). The zero-order valence-electron chi connectivity index (χ0n) is 7.30. The summed E-state index contributed by atoms with van der Waals surface area (Å²) < 4.78 is 25.6. The molecule has 0 bridgehead atoms. The molecule has 0 unspecified atom stereocenters. The number of alkyl halides is 1. The second-order valence-corrected chi connectivity index (χ2v) is 3.09. The summed E-state index contributed by atoms with van der Waals surface area (Å²) in [6.45, 7) is 0. The monoisotopic (exact) mass is 218 g/mol. The van der Waals surface area contributed by atoms with Gasteiger partial charge in [-0.3, -0.25) is 0 Å². The van der Waals surface area contributed by atoms with Crippen LogP contribution in [0.2, 0.25) is 0 Å². The molecule has 1 N–H and O–H groups in total. The Morgan fingerprint density at radius 3 is 2.36 bits per heavy atom. The lowest BCUT2D eigenvalue weighted by atomic mass is 10.2. The predicted octanol–water partition coefficient (Wildman–Crippen LogP) is 3.31. The predicted molar refractivity (Wildman–Crippen MR) is 52.4 cm³/mol. The fraction of sp³-hybridized carbons (Fsp3) is 0.200. The lowest BCUT2D eigenvalue weighted by Gasteiger charge is -1.99. The molecule has 1 aromatic rings. The first kappa shape index (κ1) is 11.0. The molecule has 14 heavy (non-hydrogen) atoms. The summed E-state index contributed by atoms with van der Waals surface area (Å²) in [6.07, 6.45) is 3.89. The number of benzene rings is 1. The lowest BCUT2D eigenvalue weighted by molar-refractivity contribution is 0.396. The number of phenolic OH excluding ortho intramolecular Hbond substituents is 1. The van der Waals surface area contributed by atoms with Gasteiger partial charge in [0.2, 0.25) is 0 Å². The SMILES string of the molecule is Oc1c(F)cc(C=CCCCl)cc1F. The topological polar surface area (TPSA) is 20.2 Å². The highest BCUT2D eigenvalue weighted by molar-refractivity contribution is 6.17. The Labute approximate surface area is 85.6 Å². The molecule has 4 heteroatoms. The molecule has 0 aliphatic rings. The van der Waals surface area contributed by atoms with Gasteiger partial charge in [-0.05, 0) is 24.1 Å². The molecule has 1 nitrogen and oxygen atoms in total. The third-order valence-corrected chi connectivity index (χ3v) is 1.84. The van der Waals surface area contributed by atoms with E-state index >= 15 is 0 Å². The molecule has 0 radical (unpaired) electrons. The van der Waals surface area contributed by atoms with Gasteiger partial charge in [0.05, 0.1) is 0 Å². The van der Waals surface area contributed by atoms with E-state index in [0.717, 1.165) is 12.1 Å². The second kappa shape index (κ2) is 4.96. The normalized spacial score (nSPS) is 11.1. The molecule has 0 saturated carbocycles. The summed E-state index contributed by atoms with van der Waals surface area (Å²) in [5.74, 6) is -2.41. The molecule has 0 aliphatic carbocycles. The number of aromatic hydroxyl groups is 1. The van der Waals surface area contributed by atoms with Crippen LogP contribution in [0, 0.1) is 11.6 Å². The first-order chi connectivity index (χ1) is 6.65. The zero-order chi connectivity index (χ0) is 10.6. The quantitative estimate of drug-likeness (QED) is 0.772. The number of hydrogen-bond donors (Lipinski definition) is 1. The van der Waals surface area contributed by atoms with Gasteiger partial charge in [-0.1, -0.05) is 12.2 Å². The largest absolute Gasteiger partial charge is 0.503 e. The van der Waals surface area contributed by atoms with Gasteiger partial charge >= 0.3 is 0 Å². The number of phenols is 1. The molecular weight excluding hydrogens is 210 g/mol. The van der Waals surface area contributed by atoms with E-state index < -0.39 is 17.4 Å². The summed E-state index contributed by atoms with van der Waals surface area (Å²) in [6, 6.07) is 2.12. The molecule has 0 aliphatic heterocycles. The van der Waals surface area contributed by atoms with Crippen LogP contribution in [-0.2, 0) is 0 Å². The minimum Gasteiger partial charge on any atom is -0.503 e. The van der Waals surface area contributed by atoms with Gasteiger partial charge in [-0.25, -0.2) is 8.78 Å². The van der Waals surface area contributed by atoms with Gasteiger partial charge in [-0.2, -0.15) is 0 Å². The van der Waals surface area contributed by atoms with Crippen LogP contribution in [0.4, 0.5) is 8.78 Å². The van der Waals surface area contributed by atoms with E-state index in [4.69, 9.17) is 16.7 Å². The Hall–Kier alpha value is -1.09. The molecule has 0 aromatic heterocycles. The van der Waals surface area contributed by atoms with Crippen molar-refractivity contribution in [3.05, 3.63) is 35.4 Å². The fourth-order valence-electron chi connectivity index (χ4n) is 0.964. The molecule has 0 heterocycles. The van der Waals surface area contributed by atoms with Crippen molar-refractivity contribution in [3.8, 4) is 5.75 Å². The van der Waals surface area contributed by atoms with Crippen molar-refractivity contribution >= 4 is 17.7 Å². The number of allylic oxidation sites excluding steroid dienone is 1. The highest BCUT2D eigenvalue weighted by Gasteiger charge is 2.07. The van der Waals surface area contributed by atoms with E-state index in [-0.39, 0.29) is 0 Å². The summed E-state index contributed by atoms with van der Waals surface area (Å²) >= 11 is 5.42. The molecule has 0 atom stereocenters. The molecular formula is C10H9ClF2O. The van der Waals surface area contributed by atoms with Gasteiger partial charge in [-0.15, -0.1) is 11.6 Å². The van der Waals surface area contributed by atoms with Crippen LogP contribution in [0.1, 0.15) is 12.0 Å². The lowest BCUT2D eigenvalue weighted by Crippen LogP contribution is -1.84. The maximum atomic E-state index is 12.8. The van der Waals surface area contributed by atoms with Crippen LogP contribution in [-0.4, -0.2) is 11.0 Å². The highest BCUT2D eigenvalue weighted by Crippen LogP contribution is 2.22. The first-order valence-electron chi connectivity index (χ1n) is 4.05. The Morgan fingerprint density at radius 2 is 1.86 bits per heavy atom. The van der Waals surface area contributed by atoms with Crippen molar-refractivity contribution in [3.63, 3.8) is 0 Å². The van der Waals surface area contributed by atoms with E-state index in [1.54, 1.807) is 12.2 Å². The summed E-state index contributed by atoms with van der Waals surface area (Å²) in [5, 5.41) is 8.81. The average molecular weight is 219 g/mol. The van der Waals surface area contributed by atoms with E-state index in [9.17, 15) is 8.78 Å². The highest BCUT2D eigenvalue weighted by atomic mass is 35.5. The molecule has 76 valence electrons. The van der Waals surface area contributed by atoms with Gasteiger partial charge in [0.1, 0.15) is 0 Å². The summed E-state index contributed by atoms with van der Waals surface area (Å²) in [4.78, 5) is 0. The number of rotatable bonds is 3. The van der Waals surface area contributed by atoms with Crippen LogP contribution in [0.3, 0.4) is 0 Å². The number of hydrogen-bond acceptors (Lipinski definition) is 1. The average Bonchev–Trinajstić information content (AvgIpc) is 2.14. The Morgan fingerprint density at radius 1 is 1.29 bits per heavy atom. The number of halogens is 3. The molecule has 0 amide bonds. The first-order valence-corrected chi connectivity index (χ1v) is 4.59. The summed E-state index contributed by atoms with van der Waals surface area (Å²) in [7, 11) is 0. The fourth-order valence-corrected chi connectivity index (χ4v) is 1.09. The van der Waals surface area contributed by atoms with Crippen LogP contribution >= 0.6 is 11.6 Å². The van der Waals surface area contributed by atoms with Crippen LogP contribution in [0.25, 0.3) is 6.08 Å². The van der Waals surface area contributed by atoms with Crippen molar-refractivity contribution < 1.29 is 13.9 Å². The van der Waals surface area contributed by atoms with Gasteiger partial charge in [0, 0.05) is 5.88 Å². The van der Waals surface area contributed by atoms with Crippen molar-refractivity contribution in [2.45, 2.75) is 6.42 Å². The molecule has 1 aromatic carbocycles. The minimum atomic E-state index is -0.962. The summed E-state index contributed by atoms with van der Waals surface area (Å²) in [5.41, 5.74) is 0.364. The van der Waals surface area contributed by atoms with Crippen LogP contribution in [0.5, 0.6) is 5.75 Å². The van der Waals surface area contributed by atoms with Gasteiger partial charge in [0.15, 0.2) is 17.4 Å². The Bertz CT molecular complexity index is 327. The van der Waals surface area contributed by atoms with Crippen molar-refractivity contribution in [1.82, 2.24) is 0 Å². The van der Waals surface area contributed by atoms with Gasteiger partial charge < -0.3 is 5.11 Å². The van der Waals surface area contributed by atoms with Crippen LogP contribution < -0.4 is 0 Å². The van der Waals surface area contributed by atoms with E-state index in [2.05, 4.69) is 0 Å². The van der Waals surface area contributed by atoms with Crippen molar-refractivity contribution in [2.75, 3.05) is 5.88 Å². The van der Waals surface area contributed by atoms with Crippen molar-refractivity contribution in [1.29, 1.82) is 0 Å². The van der Waals surface area contributed by atoms with Gasteiger partial charge in [0.25, 0.3) is 0 Å². The standard InChI is InChI=1S/C10H9ClF2O/c11-4-2-1-3-7-5-8(12)10(14)9(13)6-7/h1,3,5-6,14H,2,4H2. The van der Waals surface area contributed by atoms with E-state index in [1.165, 1.54) is 0 Å². The Kier molecular flexibility index (Phi) is 3.89. The van der Waals surface area contributed by atoms with E-state index in [1.807, 2.05) is 0 Å². The van der Waals surface area contributed by atoms with E-state index in [0.29, 0.717) is 17.9 Å².